The average molecular weight is 242 g/mol. The lowest BCUT2D eigenvalue weighted by Crippen LogP contribution is -2.17. The van der Waals surface area contributed by atoms with Crippen molar-refractivity contribution in [1.82, 2.24) is 9.78 Å². The molecule has 1 aromatic rings. The summed E-state index contributed by atoms with van der Waals surface area (Å²) in [5.74, 6) is -0.420. The zero-order valence-corrected chi connectivity index (χ0v) is 8.81. The summed E-state index contributed by atoms with van der Waals surface area (Å²) < 4.78 is 37.4. The van der Waals surface area contributed by atoms with E-state index in [-0.39, 0.29) is 17.4 Å². The third kappa shape index (κ3) is 3.99. The van der Waals surface area contributed by atoms with Crippen LogP contribution in [0.5, 0.6) is 0 Å². The number of halogens is 4. The number of hydrogen-bond donors (Lipinski definition) is 1. The smallest absolute Gasteiger partial charge is 0.381 e. The Balaban J connectivity index is 2.55. The second kappa shape index (κ2) is 4.30. The van der Waals surface area contributed by atoms with Crippen LogP contribution in [0, 0.1) is 5.92 Å². The SMILES string of the molecule is CC(Cn1cc(Cl)c(N)n1)CC(F)(F)F. The predicted octanol–water partition coefficient (Wildman–Crippen LogP) is 2.71. The Morgan fingerprint density at radius 3 is 2.60 bits per heavy atom. The fourth-order valence-electron chi connectivity index (χ4n) is 1.28. The van der Waals surface area contributed by atoms with Crippen LogP contribution >= 0.6 is 11.6 Å². The molecule has 0 aliphatic carbocycles. The van der Waals surface area contributed by atoms with E-state index in [4.69, 9.17) is 17.3 Å². The van der Waals surface area contributed by atoms with Crippen LogP contribution in [-0.4, -0.2) is 16.0 Å². The zero-order chi connectivity index (χ0) is 11.6. The van der Waals surface area contributed by atoms with Gasteiger partial charge in [0, 0.05) is 19.2 Å². The summed E-state index contributed by atoms with van der Waals surface area (Å²) in [7, 11) is 0. The molecule has 0 bridgehead atoms. The lowest BCUT2D eigenvalue weighted by molar-refractivity contribution is -0.144. The highest BCUT2D eigenvalue weighted by Gasteiger charge is 2.30. The van der Waals surface area contributed by atoms with E-state index in [1.54, 1.807) is 0 Å². The van der Waals surface area contributed by atoms with Crippen molar-refractivity contribution < 1.29 is 13.2 Å². The first kappa shape index (κ1) is 12.2. The highest BCUT2D eigenvalue weighted by Crippen LogP contribution is 2.26. The summed E-state index contributed by atoms with van der Waals surface area (Å²) in [6.07, 6.45) is -3.57. The Kier molecular flexibility index (Phi) is 3.49. The van der Waals surface area contributed by atoms with Gasteiger partial charge in [0.25, 0.3) is 0 Å². The molecule has 0 fully saturated rings. The predicted molar refractivity (Wildman–Crippen MR) is 51.5 cm³/mol. The molecule has 0 aliphatic rings. The largest absolute Gasteiger partial charge is 0.389 e. The van der Waals surface area contributed by atoms with E-state index in [1.165, 1.54) is 17.8 Å². The minimum Gasteiger partial charge on any atom is -0.381 e. The molecule has 0 spiro atoms. The van der Waals surface area contributed by atoms with Gasteiger partial charge in [-0.15, -0.1) is 0 Å². The second-order valence-corrected chi connectivity index (χ2v) is 3.92. The molecule has 86 valence electrons. The molecule has 0 aromatic carbocycles. The van der Waals surface area contributed by atoms with Crippen molar-refractivity contribution in [1.29, 1.82) is 0 Å². The first-order valence-corrected chi connectivity index (χ1v) is 4.71. The maximum atomic E-state index is 12.0. The number of rotatable bonds is 3. The molecule has 1 unspecified atom stereocenters. The molecule has 0 amide bonds. The molecule has 7 heteroatoms. The summed E-state index contributed by atoms with van der Waals surface area (Å²) in [4.78, 5) is 0. The molecule has 1 aromatic heterocycles. The third-order valence-corrected chi connectivity index (χ3v) is 2.11. The van der Waals surface area contributed by atoms with E-state index in [0.29, 0.717) is 0 Å². The van der Waals surface area contributed by atoms with E-state index < -0.39 is 18.5 Å². The number of nitrogen functional groups attached to an aromatic ring is 1. The van der Waals surface area contributed by atoms with Crippen LogP contribution < -0.4 is 5.73 Å². The van der Waals surface area contributed by atoms with E-state index >= 15 is 0 Å². The lowest BCUT2D eigenvalue weighted by Gasteiger charge is -2.13. The van der Waals surface area contributed by atoms with Gasteiger partial charge >= 0.3 is 6.18 Å². The third-order valence-electron chi connectivity index (χ3n) is 1.82. The molecule has 3 nitrogen and oxygen atoms in total. The van der Waals surface area contributed by atoms with Gasteiger partial charge in [-0.1, -0.05) is 18.5 Å². The van der Waals surface area contributed by atoms with E-state index in [9.17, 15) is 13.2 Å². The minimum atomic E-state index is -4.15. The quantitative estimate of drug-likeness (QED) is 0.884. The zero-order valence-electron chi connectivity index (χ0n) is 8.05. The fraction of sp³-hybridized carbons (Fsp3) is 0.625. The monoisotopic (exact) mass is 241 g/mol. The van der Waals surface area contributed by atoms with Crippen molar-refractivity contribution in [2.75, 3.05) is 5.73 Å². The van der Waals surface area contributed by atoms with Gasteiger partial charge in [-0.05, 0) is 5.92 Å². The molecular formula is C8H11ClF3N3. The van der Waals surface area contributed by atoms with E-state index in [1.807, 2.05) is 0 Å². The number of hydrogen-bond acceptors (Lipinski definition) is 2. The Hall–Kier alpha value is -0.910. The van der Waals surface area contributed by atoms with Gasteiger partial charge in [0.15, 0.2) is 5.82 Å². The van der Waals surface area contributed by atoms with Crippen molar-refractivity contribution in [3.8, 4) is 0 Å². The van der Waals surface area contributed by atoms with Crippen LogP contribution in [-0.2, 0) is 6.54 Å². The summed E-state index contributed by atoms with van der Waals surface area (Å²) in [6.45, 7) is 1.65. The maximum absolute atomic E-state index is 12.0. The molecule has 0 saturated carbocycles. The maximum Gasteiger partial charge on any atom is 0.389 e. The van der Waals surface area contributed by atoms with Crippen molar-refractivity contribution in [3.63, 3.8) is 0 Å². The van der Waals surface area contributed by atoms with Gasteiger partial charge in [-0.25, -0.2) is 0 Å². The Morgan fingerprint density at radius 2 is 2.20 bits per heavy atom. The Labute approximate surface area is 90.0 Å². The van der Waals surface area contributed by atoms with Gasteiger partial charge in [0.2, 0.25) is 0 Å². The highest BCUT2D eigenvalue weighted by molar-refractivity contribution is 6.32. The fourth-order valence-corrected chi connectivity index (χ4v) is 1.43. The lowest BCUT2D eigenvalue weighted by atomic mass is 10.1. The Bertz CT molecular complexity index is 315. The molecule has 0 radical (unpaired) electrons. The minimum absolute atomic E-state index is 0.135. The molecule has 0 aliphatic heterocycles. The summed E-state index contributed by atoms with van der Waals surface area (Å²) in [5, 5.41) is 4.03. The van der Waals surface area contributed by atoms with Crippen LogP contribution in [0.15, 0.2) is 6.20 Å². The number of nitrogens with two attached hydrogens (primary N) is 1. The molecule has 1 heterocycles. The van der Waals surface area contributed by atoms with Gasteiger partial charge < -0.3 is 5.73 Å². The van der Waals surface area contributed by atoms with Crippen molar-refractivity contribution >= 4 is 17.4 Å². The topological polar surface area (TPSA) is 43.8 Å². The Morgan fingerprint density at radius 1 is 1.60 bits per heavy atom. The normalized spacial score (nSPS) is 14.2. The number of alkyl halides is 3. The average Bonchev–Trinajstić information content (AvgIpc) is 2.26. The number of nitrogens with zero attached hydrogens (tertiary/aromatic N) is 2. The second-order valence-electron chi connectivity index (χ2n) is 3.51. The summed E-state index contributed by atoms with van der Waals surface area (Å²) in [6, 6.07) is 0. The molecule has 0 saturated heterocycles. The van der Waals surface area contributed by atoms with Crippen LogP contribution in [0.1, 0.15) is 13.3 Å². The van der Waals surface area contributed by atoms with Crippen LogP contribution in [0.2, 0.25) is 5.02 Å². The first-order chi connectivity index (χ1) is 6.78. The van der Waals surface area contributed by atoms with Gasteiger partial charge in [0.05, 0.1) is 0 Å². The van der Waals surface area contributed by atoms with Gasteiger partial charge in [-0.3, -0.25) is 4.68 Å². The standard InChI is InChI=1S/C8H11ClF3N3/c1-5(2-8(10,11)12)3-15-4-6(9)7(13)14-15/h4-5H,2-3H2,1H3,(H2,13,14). The molecule has 1 rings (SSSR count). The number of anilines is 1. The number of aromatic nitrogens is 2. The van der Waals surface area contributed by atoms with Gasteiger partial charge in [-0.2, -0.15) is 18.3 Å². The van der Waals surface area contributed by atoms with Crippen molar-refractivity contribution in [2.45, 2.75) is 26.1 Å². The molecular weight excluding hydrogens is 231 g/mol. The van der Waals surface area contributed by atoms with Crippen LogP contribution in [0.25, 0.3) is 0 Å². The first-order valence-electron chi connectivity index (χ1n) is 4.33. The molecule has 2 N–H and O–H groups in total. The summed E-state index contributed by atoms with van der Waals surface area (Å²) >= 11 is 5.62. The van der Waals surface area contributed by atoms with Gasteiger partial charge in [0.1, 0.15) is 5.02 Å². The van der Waals surface area contributed by atoms with E-state index in [2.05, 4.69) is 5.10 Å². The summed E-state index contributed by atoms with van der Waals surface area (Å²) in [5.41, 5.74) is 5.36. The van der Waals surface area contributed by atoms with E-state index in [0.717, 1.165) is 0 Å². The van der Waals surface area contributed by atoms with Crippen molar-refractivity contribution in [3.05, 3.63) is 11.2 Å². The van der Waals surface area contributed by atoms with Crippen LogP contribution in [0.3, 0.4) is 0 Å². The molecule has 15 heavy (non-hydrogen) atoms. The molecule has 1 atom stereocenters. The van der Waals surface area contributed by atoms with Crippen LogP contribution in [0.4, 0.5) is 19.0 Å². The highest BCUT2D eigenvalue weighted by atomic mass is 35.5. The van der Waals surface area contributed by atoms with Crippen molar-refractivity contribution in [2.24, 2.45) is 5.92 Å².